The van der Waals surface area contributed by atoms with Crippen LogP contribution in [0.2, 0.25) is 10.0 Å². The Morgan fingerprint density at radius 1 is 1.38 bits per heavy atom. The minimum atomic E-state index is -1.08. The van der Waals surface area contributed by atoms with Gasteiger partial charge < -0.3 is 10.0 Å². The Morgan fingerprint density at radius 2 is 2.10 bits per heavy atom. The second-order valence-corrected chi connectivity index (χ2v) is 6.31. The van der Waals surface area contributed by atoms with E-state index in [-0.39, 0.29) is 12.3 Å². The van der Waals surface area contributed by atoms with Crippen LogP contribution in [0.5, 0.6) is 0 Å². The fourth-order valence-electron chi connectivity index (χ4n) is 2.69. The number of aliphatic carboxylic acids is 1. The molecular formula is C15H17Cl2NO3. The molecule has 1 heterocycles. The van der Waals surface area contributed by atoms with Gasteiger partial charge in [0.05, 0.1) is 0 Å². The molecule has 1 amide bonds. The number of aryl methyl sites for hydroxylation is 1. The van der Waals surface area contributed by atoms with Crippen molar-refractivity contribution in [3.63, 3.8) is 0 Å². The second-order valence-electron chi connectivity index (χ2n) is 5.46. The van der Waals surface area contributed by atoms with Gasteiger partial charge in [0, 0.05) is 23.0 Å². The summed E-state index contributed by atoms with van der Waals surface area (Å²) in [4.78, 5) is 25.2. The zero-order valence-corrected chi connectivity index (χ0v) is 13.2. The number of rotatable bonds is 4. The fraction of sp³-hybridized carbons (Fsp3) is 0.467. The lowest BCUT2D eigenvalue weighted by molar-refractivity contribution is -0.155. The monoisotopic (exact) mass is 329 g/mol. The van der Waals surface area contributed by atoms with Crippen LogP contribution in [-0.4, -0.2) is 34.0 Å². The highest BCUT2D eigenvalue weighted by Gasteiger charge is 2.45. The molecule has 0 aliphatic carbocycles. The molecular weight excluding hydrogens is 313 g/mol. The summed E-state index contributed by atoms with van der Waals surface area (Å²) >= 11 is 11.9. The Morgan fingerprint density at radius 3 is 2.71 bits per heavy atom. The minimum Gasteiger partial charge on any atom is -0.480 e. The van der Waals surface area contributed by atoms with Crippen molar-refractivity contribution in [2.45, 2.75) is 38.1 Å². The zero-order chi connectivity index (χ0) is 15.6. The van der Waals surface area contributed by atoms with E-state index < -0.39 is 11.5 Å². The molecule has 1 aromatic rings. The van der Waals surface area contributed by atoms with Gasteiger partial charge in [0.2, 0.25) is 5.91 Å². The van der Waals surface area contributed by atoms with E-state index >= 15 is 0 Å². The average Bonchev–Trinajstić information content (AvgIpc) is 2.81. The molecule has 114 valence electrons. The van der Waals surface area contributed by atoms with E-state index in [0.717, 1.165) is 12.0 Å². The van der Waals surface area contributed by atoms with Crippen molar-refractivity contribution in [3.8, 4) is 0 Å². The molecule has 0 spiro atoms. The van der Waals surface area contributed by atoms with Crippen LogP contribution in [0.4, 0.5) is 0 Å². The molecule has 1 saturated heterocycles. The predicted octanol–water partition coefficient (Wildman–Crippen LogP) is 3.39. The lowest BCUT2D eigenvalue weighted by atomic mass is 9.98. The Balaban J connectivity index is 2.03. The van der Waals surface area contributed by atoms with E-state index in [4.69, 9.17) is 23.2 Å². The number of hydrogen-bond acceptors (Lipinski definition) is 2. The number of hydrogen-bond donors (Lipinski definition) is 1. The topological polar surface area (TPSA) is 57.6 Å². The molecule has 2 rings (SSSR count). The number of benzene rings is 1. The Kier molecular flexibility index (Phi) is 4.79. The van der Waals surface area contributed by atoms with Gasteiger partial charge in [-0.25, -0.2) is 4.79 Å². The lowest BCUT2D eigenvalue weighted by Crippen LogP contribution is -2.50. The number of carboxylic acids is 1. The molecule has 0 radical (unpaired) electrons. The van der Waals surface area contributed by atoms with Crippen molar-refractivity contribution in [2.24, 2.45) is 0 Å². The average molecular weight is 330 g/mol. The van der Waals surface area contributed by atoms with Gasteiger partial charge in [-0.3, -0.25) is 4.79 Å². The number of likely N-dealkylation sites (tertiary alicyclic amines) is 1. The maximum absolute atomic E-state index is 12.3. The van der Waals surface area contributed by atoms with Crippen LogP contribution in [0.15, 0.2) is 18.2 Å². The van der Waals surface area contributed by atoms with Crippen LogP contribution in [0.1, 0.15) is 31.7 Å². The second kappa shape index (κ2) is 6.24. The van der Waals surface area contributed by atoms with E-state index in [2.05, 4.69) is 0 Å². The molecule has 21 heavy (non-hydrogen) atoms. The molecule has 1 unspecified atom stereocenters. The standard InChI is InChI=1S/C15H17Cl2NO3/c1-15(14(20)21)7-2-8-18(15)13(19)6-4-10-3-5-11(16)9-12(10)17/h3,5,9H,2,4,6-8H2,1H3,(H,20,21). The van der Waals surface area contributed by atoms with E-state index in [1.54, 1.807) is 25.1 Å². The molecule has 6 heteroatoms. The van der Waals surface area contributed by atoms with Gasteiger partial charge >= 0.3 is 5.97 Å². The number of nitrogens with zero attached hydrogens (tertiary/aromatic N) is 1. The highest BCUT2D eigenvalue weighted by Crippen LogP contribution is 2.30. The Hall–Kier alpha value is -1.26. The van der Waals surface area contributed by atoms with Gasteiger partial charge in [0.1, 0.15) is 5.54 Å². The molecule has 1 aliphatic heterocycles. The summed E-state index contributed by atoms with van der Waals surface area (Å²) in [6.45, 7) is 2.10. The zero-order valence-electron chi connectivity index (χ0n) is 11.7. The summed E-state index contributed by atoms with van der Waals surface area (Å²) in [6.07, 6.45) is 1.93. The van der Waals surface area contributed by atoms with Crippen LogP contribution in [-0.2, 0) is 16.0 Å². The number of halogens is 2. The van der Waals surface area contributed by atoms with Gasteiger partial charge in [0.15, 0.2) is 0 Å². The SMILES string of the molecule is CC1(C(=O)O)CCCN1C(=O)CCc1ccc(Cl)cc1Cl. The first-order valence-electron chi connectivity index (χ1n) is 6.82. The van der Waals surface area contributed by atoms with E-state index in [1.165, 1.54) is 4.90 Å². The molecule has 1 aliphatic rings. The smallest absolute Gasteiger partial charge is 0.329 e. The van der Waals surface area contributed by atoms with Crippen molar-refractivity contribution in [2.75, 3.05) is 6.54 Å². The van der Waals surface area contributed by atoms with Gasteiger partial charge in [-0.2, -0.15) is 0 Å². The number of carboxylic acid groups (broad SMARTS) is 1. The summed E-state index contributed by atoms with van der Waals surface area (Å²) in [5.41, 5.74) is -0.244. The summed E-state index contributed by atoms with van der Waals surface area (Å²) in [5.74, 6) is -1.10. The molecule has 1 fully saturated rings. The van der Waals surface area contributed by atoms with E-state index in [0.29, 0.717) is 29.4 Å². The summed E-state index contributed by atoms with van der Waals surface area (Å²) < 4.78 is 0. The molecule has 1 aromatic carbocycles. The van der Waals surface area contributed by atoms with Crippen molar-refractivity contribution in [1.82, 2.24) is 4.90 Å². The van der Waals surface area contributed by atoms with Crippen LogP contribution >= 0.6 is 23.2 Å². The van der Waals surface area contributed by atoms with Crippen LogP contribution in [0.3, 0.4) is 0 Å². The predicted molar refractivity (Wildman–Crippen MR) is 81.8 cm³/mol. The van der Waals surface area contributed by atoms with Gasteiger partial charge in [0.25, 0.3) is 0 Å². The van der Waals surface area contributed by atoms with Gasteiger partial charge in [-0.1, -0.05) is 29.3 Å². The fourth-order valence-corrected chi connectivity index (χ4v) is 3.19. The third kappa shape index (κ3) is 3.33. The Labute approximate surface area is 133 Å². The normalized spacial score (nSPS) is 21.6. The van der Waals surface area contributed by atoms with Crippen molar-refractivity contribution < 1.29 is 14.7 Å². The third-order valence-electron chi connectivity index (χ3n) is 4.03. The van der Waals surface area contributed by atoms with Gasteiger partial charge in [-0.15, -0.1) is 0 Å². The first-order valence-corrected chi connectivity index (χ1v) is 7.58. The Bertz CT molecular complexity index is 576. The van der Waals surface area contributed by atoms with E-state index in [9.17, 15) is 14.7 Å². The summed E-state index contributed by atoms with van der Waals surface area (Å²) in [6, 6.07) is 5.16. The molecule has 0 aromatic heterocycles. The maximum Gasteiger partial charge on any atom is 0.329 e. The van der Waals surface area contributed by atoms with Crippen LogP contribution in [0.25, 0.3) is 0 Å². The minimum absolute atomic E-state index is 0.150. The molecule has 1 atom stereocenters. The highest BCUT2D eigenvalue weighted by atomic mass is 35.5. The van der Waals surface area contributed by atoms with E-state index in [1.807, 2.05) is 0 Å². The van der Waals surface area contributed by atoms with Crippen molar-refractivity contribution in [1.29, 1.82) is 0 Å². The van der Waals surface area contributed by atoms with Gasteiger partial charge in [-0.05, 0) is 43.9 Å². The number of amides is 1. The largest absolute Gasteiger partial charge is 0.480 e. The number of carbonyl (C=O) groups excluding carboxylic acids is 1. The maximum atomic E-state index is 12.3. The molecule has 0 saturated carbocycles. The van der Waals surface area contributed by atoms with Crippen LogP contribution in [0, 0.1) is 0 Å². The van der Waals surface area contributed by atoms with Crippen LogP contribution < -0.4 is 0 Å². The quantitative estimate of drug-likeness (QED) is 0.921. The van der Waals surface area contributed by atoms with Crippen molar-refractivity contribution in [3.05, 3.63) is 33.8 Å². The molecule has 1 N–H and O–H groups in total. The lowest BCUT2D eigenvalue weighted by Gasteiger charge is -2.31. The molecule has 4 nitrogen and oxygen atoms in total. The molecule has 0 bridgehead atoms. The highest BCUT2D eigenvalue weighted by molar-refractivity contribution is 6.35. The summed E-state index contributed by atoms with van der Waals surface area (Å²) in [5, 5.41) is 10.4. The first-order chi connectivity index (χ1) is 9.84. The van der Waals surface area contributed by atoms with Crippen molar-refractivity contribution >= 4 is 35.1 Å². The summed E-state index contributed by atoms with van der Waals surface area (Å²) in [7, 11) is 0. The first kappa shape index (κ1) is 16.1. The third-order valence-corrected chi connectivity index (χ3v) is 4.61. The number of carbonyl (C=O) groups is 2.